The van der Waals surface area contributed by atoms with Crippen molar-refractivity contribution in [3.8, 4) is 0 Å². The van der Waals surface area contributed by atoms with Crippen LogP contribution in [-0.4, -0.2) is 59.5 Å². The smallest absolute Gasteiger partial charge is 0.333 e. The van der Waals surface area contributed by atoms with Crippen LogP contribution in [0.1, 0.15) is 51.5 Å². The molecule has 0 saturated carbocycles. The molecule has 1 unspecified atom stereocenters. The van der Waals surface area contributed by atoms with E-state index in [1.807, 2.05) is 49.4 Å². The van der Waals surface area contributed by atoms with Crippen molar-refractivity contribution in [1.82, 2.24) is 0 Å². The number of ether oxygens (including phenoxy) is 2. The highest BCUT2D eigenvalue weighted by Crippen LogP contribution is 2.19. The number of benzene rings is 1. The molecule has 3 N–H and O–H groups in total. The van der Waals surface area contributed by atoms with Crippen molar-refractivity contribution >= 4 is 30.0 Å². The highest BCUT2D eigenvalue weighted by molar-refractivity contribution is 5.89. The van der Waals surface area contributed by atoms with Gasteiger partial charge in [-0.1, -0.05) is 81.6 Å². The molecule has 0 aliphatic heterocycles. The van der Waals surface area contributed by atoms with Crippen LogP contribution < -0.4 is 0 Å². The van der Waals surface area contributed by atoms with Crippen LogP contribution in [0.2, 0.25) is 0 Å². The molecule has 1 aromatic rings. The molecule has 0 amide bonds. The fraction of sp³-hybridized carbons (Fsp3) is 0.355. The number of aliphatic carboxylic acids is 2. The van der Waals surface area contributed by atoms with Gasteiger partial charge < -0.3 is 24.8 Å². The van der Waals surface area contributed by atoms with E-state index in [4.69, 9.17) is 15.3 Å². The fourth-order valence-electron chi connectivity index (χ4n) is 2.71. The minimum atomic E-state index is -1.16. The predicted octanol–water partition coefficient (Wildman–Crippen LogP) is 5.38. The zero-order chi connectivity index (χ0) is 30.9. The molecule has 40 heavy (non-hydrogen) atoms. The number of aliphatic hydroxyl groups is 1. The number of esters is 2. The third-order valence-electron chi connectivity index (χ3n) is 5.04. The van der Waals surface area contributed by atoms with Crippen molar-refractivity contribution in [2.24, 2.45) is 5.92 Å². The molecule has 0 fully saturated rings. The van der Waals surface area contributed by atoms with Gasteiger partial charge in [-0.25, -0.2) is 19.2 Å². The highest BCUT2D eigenvalue weighted by atomic mass is 16.5. The Morgan fingerprint density at radius 2 is 1.65 bits per heavy atom. The molecule has 0 spiro atoms. The maximum absolute atomic E-state index is 11.0. The number of carboxylic acids is 2. The van der Waals surface area contributed by atoms with Gasteiger partial charge in [0.15, 0.2) is 0 Å². The monoisotopic (exact) mass is 558 g/mol. The van der Waals surface area contributed by atoms with Crippen LogP contribution in [0.15, 0.2) is 85.0 Å². The summed E-state index contributed by atoms with van der Waals surface area (Å²) < 4.78 is 9.22. The van der Waals surface area contributed by atoms with Crippen molar-refractivity contribution in [2.75, 3.05) is 20.3 Å². The summed E-state index contributed by atoms with van der Waals surface area (Å²) in [7, 11) is 1.36. The zero-order valence-corrected chi connectivity index (χ0v) is 23.6. The van der Waals surface area contributed by atoms with Gasteiger partial charge in [-0.05, 0) is 38.2 Å². The standard InChI is InChI=1S/C13H14O2.C11H16O5.C7H12O2/c1-11(13(14)15-2)7-6-10-12-8-4-3-5-9-12;1-7(10(13)14)6-9(4-3-5-12)8(2)11(15)16;1-3-5-6-9-7(8)4-2/h3-6,8-10H,1,7H2,2H3;6,9,12H,2-5H2,1H3,(H,13,14)(H,15,16);4H,2-3,5-6H2,1H3. The first-order valence-corrected chi connectivity index (χ1v) is 12.7. The van der Waals surface area contributed by atoms with E-state index in [0.717, 1.165) is 18.4 Å². The Hall–Kier alpha value is -4.24. The predicted molar refractivity (Wildman–Crippen MR) is 155 cm³/mol. The summed E-state index contributed by atoms with van der Waals surface area (Å²) in [6.07, 6.45) is 9.64. The normalized spacial score (nSPS) is 11.1. The number of allylic oxidation sites excluding steroid dienone is 2. The van der Waals surface area contributed by atoms with E-state index in [2.05, 4.69) is 29.2 Å². The van der Waals surface area contributed by atoms with E-state index in [1.54, 1.807) is 0 Å². The Morgan fingerprint density at radius 1 is 1.02 bits per heavy atom. The lowest BCUT2D eigenvalue weighted by atomic mass is 9.93. The third-order valence-corrected chi connectivity index (χ3v) is 5.04. The Morgan fingerprint density at radius 3 is 2.12 bits per heavy atom. The van der Waals surface area contributed by atoms with Gasteiger partial charge in [0, 0.05) is 35.3 Å². The molecule has 0 aliphatic rings. The molecular formula is C31H42O9. The maximum atomic E-state index is 11.0. The summed E-state index contributed by atoms with van der Waals surface area (Å²) in [5, 5.41) is 26.1. The molecule has 0 saturated heterocycles. The first kappa shape index (κ1) is 37.9. The van der Waals surface area contributed by atoms with Crippen molar-refractivity contribution < 1.29 is 44.0 Å². The molecule has 0 aliphatic carbocycles. The number of methoxy groups -OCH3 is 1. The largest absolute Gasteiger partial charge is 0.478 e. The summed E-state index contributed by atoms with van der Waals surface area (Å²) >= 11 is 0. The Kier molecular flexibility index (Phi) is 22.6. The minimum absolute atomic E-state index is 0.0611. The topological polar surface area (TPSA) is 147 Å². The van der Waals surface area contributed by atoms with E-state index in [-0.39, 0.29) is 29.7 Å². The van der Waals surface area contributed by atoms with Gasteiger partial charge in [-0.3, -0.25) is 0 Å². The summed E-state index contributed by atoms with van der Waals surface area (Å²) in [5.74, 6) is -3.48. The molecule has 9 nitrogen and oxygen atoms in total. The average molecular weight is 559 g/mol. The molecular weight excluding hydrogens is 516 g/mol. The van der Waals surface area contributed by atoms with Crippen LogP contribution in [0.3, 0.4) is 0 Å². The van der Waals surface area contributed by atoms with E-state index >= 15 is 0 Å². The van der Waals surface area contributed by atoms with Gasteiger partial charge in [-0.15, -0.1) is 0 Å². The van der Waals surface area contributed by atoms with Crippen LogP contribution in [0, 0.1) is 5.92 Å². The quantitative estimate of drug-likeness (QED) is 0.147. The molecule has 1 atom stereocenters. The number of aliphatic hydroxyl groups excluding tert-OH is 1. The second-order valence-corrected chi connectivity index (χ2v) is 8.30. The lowest BCUT2D eigenvalue weighted by molar-refractivity contribution is -0.138. The number of hydrogen-bond donors (Lipinski definition) is 3. The Balaban J connectivity index is 0. The number of carboxylic acid groups (broad SMARTS) is 2. The zero-order valence-electron chi connectivity index (χ0n) is 23.6. The van der Waals surface area contributed by atoms with Crippen LogP contribution in [0.25, 0.3) is 6.08 Å². The third kappa shape index (κ3) is 19.8. The molecule has 0 heterocycles. The Labute approximate surface area is 236 Å². The lowest BCUT2D eigenvalue weighted by Crippen LogP contribution is -2.12. The maximum Gasteiger partial charge on any atom is 0.333 e. The molecule has 1 rings (SSSR count). The van der Waals surface area contributed by atoms with Gasteiger partial charge in [0.05, 0.1) is 13.7 Å². The molecule has 9 heteroatoms. The number of unbranched alkanes of at least 4 members (excludes halogenated alkanes) is 1. The summed E-state index contributed by atoms with van der Waals surface area (Å²) in [5.41, 5.74) is 1.58. The van der Waals surface area contributed by atoms with Gasteiger partial charge >= 0.3 is 23.9 Å². The van der Waals surface area contributed by atoms with Crippen molar-refractivity contribution in [2.45, 2.75) is 46.0 Å². The van der Waals surface area contributed by atoms with Gasteiger partial charge in [0.2, 0.25) is 0 Å². The number of carbonyl (C=O) groups is 4. The first-order chi connectivity index (χ1) is 18.9. The van der Waals surface area contributed by atoms with E-state index in [1.165, 1.54) is 26.2 Å². The van der Waals surface area contributed by atoms with Crippen molar-refractivity contribution in [3.63, 3.8) is 0 Å². The number of carbonyl (C=O) groups excluding carboxylic acids is 2. The van der Waals surface area contributed by atoms with Gasteiger partial charge in [0.25, 0.3) is 0 Å². The lowest BCUT2D eigenvalue weighted by Gasteiger charge is -2.12. The average Bonchev–Trinajstić information content (AvgIpc) is 2.95. The SMILES string of the molecule is C=C(C(=O)O)C(C=C(C)C(=O)O)CCCO.C=C(CC=Cc1ccccc1)C(=O)OC.C=CC(=O)OCCCC. The van der Waals surface area contributed by atoms with Crippen LogP contribution in [-0.2, 0) is 28.7 Å². The summed E-state index contributed by atoms with van der Waals surface area (Å²) in [4.78, 5) is 42.7. The minimum Gasteiger partial charge on any atom is -0.478 e. The number of rotatable bonds is 15. The van der Waals surface area contributed by atoms with Gasteiger partial charge in [0.1, 0.15) is 0 Å². The van der Waals surface area contributed by atoms with Gasteiger partial charge in [-0.2, -0.15) is 0 Å². The molecule has 0 aromatic heterocycles. The second kappa shape index (κ2) is 23.8. The summed E-state index contributed by atoms with van der Waals surface area (Å²) in [6, 6.07) is 9.89. The number of hydrogen-bond acceptors (Lipinski definition) is 7. The molecule has 0 radical (unpaired) electrons. The second-order valence-electron chi connectivity index (χ2n) is 8.30. The summed E-state index contributed by atoms with van der Waals surface area (Å²) in [6.45, 7) is 14.2. The Bertz CT molecular complexity index is 1020. The van der Waals surface area contributed by atoms with E-state index < -0.39 is 17.9 Å². The highest BCUT2D eigenvalue weighted by Gasteiger charge is 2.17. The molecule has 0 bridgehead atoms. The molecule has 1 aromatic carbocycles. The van der Waals surface area contributed by atoms with Crippen molar-refractivity contribution in [1.29, 1.82) is 0 Å². The fourth-order valence-corrected chi connectivity index (χ4v) is 2.71. The van der Waals surface area contributed by atoms with Crippen LogP contribution in [0.5, 0.6) is 0 Å². The van der Waals surface area contributed by atoms with Crippen LogP contribution >= 0.6 is 0 Å². The van der Waals surface area contributed by atoms with E-state index in [9.17, 15) is 19.2 Å². The van der Waals surface area contributed by atoms with Crippen molar-refractivity contribution in [3.05, 3.63) is 90.6 Å². The molecule has 220 valence electrons. The van der Waals surface area contributed by atoms with Crippen LogP contribution in [0.4, 0.5) is 0 Å². The van der Waals surface area contributed by atoms with E-state index in [0.29, 0.717) is 31.4 Å². The first-order valence-electron chi connectivity index (χ1n) is 12.7.